The van der Waals surface area contributed by atoms with Gasteiger partial charge in [-0.1, -0.05) is 30.3 Å². The molecule has 2 heterocycles. The van der Waals surface area contributed by atoms with Crippen molar-refractivity contribution in [1.29, 1.82) is 0 Å². The first-order chi connectivity index (χ1) is 8.27. The molecule has 1 radical (unpaired) electrons. The number of nitrogens with zero attached hydrogens (tertiary/aromatic N) is 2. The van der Waals surface area contributed by atoms with Crippen molar-refractivity contribution in [2.45, 2.75) is 0 Å². The van der Waals surface area contributed by atoms with E-state index in [2.05, 4.69) is 31.4 Å². The second kappa shape index (κ2) is 3.85. The lowest BCUT2D eigenvalue weighted by Gasteiger charge is -2.15. The third-order valence-electron chi connectivity index (χ3n) is 2.57. The maximum absolute atomic E-state index is 11.7. The third kappa shape index (κ3) is 1.59. The van der Waals surface area contributed by atoms with Crippen LogP contribution in [0.2, 0.25) is 0 Å². The van der Waals surface area contributed by atoms with Gasteiger partial charge >= 0.3 is 0 Å². The van der Waals surface area contributed by atoms with Crippen molar-refractivity contribution in [3.8, 4) is 0 Å². The van der Waals surface area contributed by atoms with E-state index in [1.165, 1.54) is 0 Å². The van der Waals surface area contributed by atoms with E-state index >= 15 is 0 Å². The molecule has 83 valence electrons. The number of rotatable bonds is 1. The molecule has 5 heteroatoms. The Morgan fingerprint density at radius 1 is 1.18 bits per heavy atom. The maximum Gasteiger partial charge on any atom is 0.286 e. The largest absolute Gasteiger partial charge is 0.286 e. The second-order valence-electron chi connectivity index (χ2n) is 3.60. The summed E-state index contributed by atoms with van der Waals surface area (Å²) in [5, 5.41) is 10.5. The number of aromatic nitrogens is 2. The van der Waals surface area contributed by atoms with Crippen molar-refractivity contribution in [1.82, 2.24) is 15.5 Å². The molecule has 1 aromatic carbocycles. The predicted octanol–water partition coefficient (Wildman–Crippen LogP) is 2.34. The predicted molar refractivity (Wildman–Crippen MR) is 66.8 cm³/mol. The fourth-order valence-corrected chi connectivity index (χ4v) is 2.34. The van der Waals surface area contributed by atoms with Crippen molar-refractivity contribution >= 4 is 33.2 Å². The van der Waals surface area contributed by atoms with Crippen LogP contribution in [-0.4, -0.2) is 16.1 Å². The number of aromatic amines is 1. The smallest absolute Gasteiger partial charge is 0.266 e. The molecule has 1 aromatic heterocycles. The van der Waals surface area contributed by atoms with Crippen LogP contribution in [0.1, 0.15) is 11.1 Å². The molecule has 0 spiro atoms. The number of benzene rings is 1. The zero-order valence-electron chi connectivity index (χ0n) is 8.64. The Morgan fingerprint density at radius 2 is 1.94 bits per heavy atom. The van der Waals surface area contributed by atoms with E-state index in [-0.39, 0.29) is 5.91 Å². The number of amides is 1. The highest BCUT2D eigenvalue weighted by Gasteiger charge is 2.27. The van der Waals surface area contributed by atoms with Gasteiger partial charge < -0.3 is 0 Å². The zero-order valence-corrected chi connectivity index (χ0v) is 10.2. The standard InChI is InChI=1S/C12H7BrN3O/c13-10-9(7-4-2-1-3-5-7)8-6-14-16-11(8)15-12(10)17/h1-6H,(H,14,16). The highest BCUT2D eigenvalue weighted by Crippen LogP contribution is 2.37. The minimum absolute atomic E-state index is 0.291. The van der Waals surface area contributed by atoms with Gasteiger partial charge in [0.05, 0.1) is 10.7 Å². The molecule has 17 heavy (non-hydrogen) atoms. The van der Waals surface area contributed by atoms with Gasteiger partial charge in [-0.2, -0.15) is 10.4 Å². The van der Waals surface area contributed by atoms with Crippen LogP contribution in [0.15, 0.2) is 41.0 Å². The van der Waals surface area contributed by atoms with Crippen LogP contribution in [0.4, 0.5) is 5.82 Å². The molecule has 0 aliphatic carbocycles. The van der Waals surface area contributed by atoms with Gasteiger partial charge in [0.25, 0.3) is 5.91 Å². The van der Waals surface area contributed by atoms with Crippen LogP contribution in [0.5, 0.6) is 0 Å². The van der Waals surface area contributed by atoms with Gasteiger partial charge in [-0.3, -0.25) is 9.89 Å². The number of carbonyl (C=O) groups is 1. The number of halogens is 1. The Morgan fingerprint density at radius 3 is 2.71 bits per heavy atom. The quantitative estimate of drug-likeness (QED) is 0.876. The van der Waals surface area contributed by atoms with E-state index in [1.807, 2.05) is 30.3 Å². The molecule has 0 fully saturated rings. The molecule has 0 saturated carbocycles. The van der Waals surface area contributed by atoms with Crippen molar-refractivity contribution in [2.75, 3.05) is 0 Å². The van der Waals surface area contributed by atoms with Crippen molar-refractivity contribution in [2.24, 2.45) is 0 Å². The van der Waals surface area contributed by atoms with Crippen molar-refractivity contribution < 1.29 is 4.79 Å². The summed E-state index contributed by atoms with van der Waals surface area (Å²) >= 11 is 3.31. The van der Waals surface area contributed by atoms with Gasteiger partial charge in [0, 0.05) is 11.1 Å². The third-order valence-corrected chi connectivity index (χ3v) is 3.31. The van der Waals surface area contributed by atoms with Crippen LogP contribution < -0.4 is 5.32 Å². The average Bonchev–Trinajstić information content (AvgIpc) is 2.79. The van der Waals surface area contributed by atoms with Crippen molar-refractivity contribution in [3.05, 3.63) is 52.1 Å². The zero-order chi connectivity index (χ0) is 11.8. The number of hydrogen-bond acceptors (Lipinski definition) is 2. The Kier molecular flexibility index (Phi) is 2.33. The lowest BCUT2D eigenvalue weighted by Crippen LogP contribution is -2.17. The summed E-state index contributed by atoms with van der Waals surface area (Å²) in [5.74, 6) is 0.220. The molecule has 0 saturated heterocycles. The summed E-state index contributed by atoms with van der Waals surface area (Å²) in [4.78, 5) is 11.7. The number of fused-ring (bicyclic) bond motifs is 1. The Bertz CT molecular complexity index is 616. The minimum atomic E-state index is -0.291. The van der Waals surface area contributed by atoms with E-state index in [0.717, 1.165) is 16.7 Å². The first-order valence-electron chi connectivity index (χ1n) is 5.02. The number of H-pyrrole nitrogens is 1. The van der Waals surface area contributed by atoms with Gasteiger partial charge in [0.2, 0.25) is 0 Å². The fourth-order valence-electron chi connectivity index (χ4n) is 1.81. The topological polar surface area (TPSA) is 59.9 Å². The molecule has 2 aromatic rings. The van der Waals surface area contributed by atoms with Crippen LogP contribution in [0, 0.1) is 0 Å². The highest BCUT2D eigenvalue weighted by molar-refractivity contribution is 9.12. The molecule has 0 atom stereocenters. The molecule has 0 unspecified atom stereocenters. The summed E-state index contributed by atoms with van der Waals surface area (Å²) in [6.07, 6.45) is 1.68. The van der Waals surface area contributed by atoms with Gasteiger partial charge in [-0.05, 0) is 21.5 Å². The molecule has 1 N–H and O–H groups in total. The molecular formula is C12H7BrN3O. The van der Waals surface area contributed by atoms with Gasteiger partial charge in [-0.15, -0.1) is 0 Å². The molecular weight excluding hydrogens is 282 g/mol. The summed E-state index contributed by atoms with van der Waals surface area (Å²) < 4.78 is 0.470. The van der Waals surface area contributed by atoms with E-state index in [0.29, 0.717) is 10.3 Å². The first-order valence-corrected chi connectivity index (χ1v) is 5.81. The van der Waals surface area contributed by atoms with Gasteiger partial charge in [0.15, 0.2) is 5.82 Å². The molecule has 4 nitrogen and oxygen atoms in total. The van der Waals surface area contributed by atoms with Crippen LogP contribution in [-0.2, 0) is 4.79 Å². The number of nitrogens with one attached hydrogen (secondary N) is 1. The second-order valence-corrected chi connectivity index (χ2v) is 4.40. The Hall–Kier alpha value is -1.88. The highest BCUT2D eigenvalue weighted by atomic mass is 79.9. The first kappa shape index (κ1) is 10.3. The fraction of sp³-hybridized carbons (Fsp3) is 0. The molecule has 3 rings (SSSR count). The summed E-state index contributed by atoms with van der Waals surface area (Å²) in [5.41, 5.74) is 2.63. The lowest BCUT2D eigenvalue weighted by atomic mass is 9.97. The van der Waals surface area contributed by atoms with Gasteiger partial charge in [0.1, 0.15) is 0 Å². The summed E-state index contributed by atoms with van der Waals surface area (Å²) in [7, 11) is 0. The summed E-state index contributed by atoms with van der Waals surface area (Å²) in [6.45, 7) is 0. The monoisotopic (exact) mass is 288 g/mol. The average molecular weight is 289 g/mol. The van der Waals surface area contributed by atoms with Gasteiger partial charge in [-0.25, -0.2) is 0 Å². The van der Waals surface area contributed by atoms with E-state index in [1.54, 1.807) is 6.20 Å². The van der Waals surface area contributed by atoms with Crippen LogP contribution >= 0.6 is 15.9 Å². The maximum atomic E-state index is 11.7. The summed E-state index contributed by atoms with van der Waals surface area (Å²) in [6, 6.07) is 9.69. The molecule has 1 aliphatic rings. The Labute approximate surface area is 106 Å². The van der Waals surface area contributed by atoms with E-state index in [4.69, 9.17) is 0 Å². The minimum Gasteiger partial charge on any atom is -0.266 e. The normalized spacial score (nSPS) is 14.5. The lowest BCUT2D eigenvalue weighted by molar-refractivity contribution is -0.116. The number of carbonyl (C=O) groups excluding carboxylic acids is 1. The Balaban J connectivity index is 2.26. The van der Waals surface area contributed by atoms with Crippen molar-refractivity contribution in [3.63, 3.8) is 0 Å². The van der Waals surface area contributed by atoms with Crippen LogP contribution in [0.25, 0.3) is 5.57 Å². The molecule has 1 aliphatic heterocycles. The van der Waals surface area contributed by atoms with E-state index < -0.39 is 0 Å². The number of hydrogen-bond donors (Lipinski definition) is 1. The SMILES string of the molecule is O=C1[N]c2[nH]ncc2C(c2ccccc2)=C1Br. The molecule has 1 amide bonds. The van der Waals surface area contributed by atoms with Crippen LogP contribution in [0.3, 0.4) is 0 Å². The van der Waals surface area contributed by atoms with E-state index in [9.17, 15) is 4.79 Å². The molecule has 0 bridgehead atoms.